The number of pyridine rings is 1. The molecule has 5 rings (SSSR count). The van der Waals surface area contributed by atoms with Gasteiger partial charge >= 0.3 is 12.1 Å². The van der Waals surface area contributed by atoms with Crippen molar-refractivity contribution in [2.45, 2.75) is 25.1 Å². The molecule has 0 aliphatic carbocycles. The smallest absolute Gasteiger partial charge is 0.418 e. The van der Waals surface area contributed by atoms with E-state index < -0.39 is 23.6 Å². The zero-order valence-electron chi connectivity index (χ0n) is 22.8. The lowest BCUT2D eigenvalue weighted by Crippen LogP contribution is -2.10. The number of halogens is 3. The summed E-state index contributed by atoms with van der Waals surface area (Å²) >= 11 is 0. The molecule has 5 aromatic rings. The van der Waals surface area contributed by atoms with E-state index in [0.717, 1.165) is 11.6 Å². The highest BCUT2D eigenvalue weighted by molar-refractivity contribution is 6.16. The highest BCUT2D eigenvalue weighted by Gasteiger charge is 2.34. The number of carbonyl (C=O) groups is 2. The van der Waals surface area contributed by atoms with Crippen LogP contribution in [-0.2, 0) is 17.6 Å². The summed E-state index contributed by atoms with van der Waals surface area (Å²) in [7, 11) is 0. The van der Waals surface area contributed by atoms with Crippen LogP contribution < -0.4 is 4.74 Å². The number of para-hydroxylation sites is 1. The van der Waals surface area contributed by atoms with E-state index in [1.54, 1.807) is 84.9 Å². The van der Waals surface area contributed by atoms with Crippen LogP contribution in [0.3, 0.4) is 0 Å². The van der Waals surface area contributed by atoms with Crippen molar-refractivity contribution in [2.24, 2.45) is 0 Å². The maximum absolute atomic E-state index is 13.9. The lowest BCUT2D eigenvalue weighted by molar-refractivity contribution is -0.139. The highest BCUT2D eigenvalue weighted by Crippen LogP contribution is 2.39. The van der Waals surface area contributed by atoms with Gasteiger partial charge in [-0.2, -0.15) is 13.2 Å². The number of aliphatic carboxylic acids is 1. The Hall–Kier alpha value is -5.24. The van der Waals surface area contributed by atoms with Crippen molar-refractivity contribution in [3.8, 4) is 16.9 Å². The number of nitrogens with zero attached hydrogens (tertiary/aromatic N) is 1. The van der Waals surface area contributed by atoms with Gasteiger partial charge in [0, 0.05) is 28.3 Å². The number of fused-ring (bicyclic) bond motifs is 1. The number of carboxylic acid groups (broad SMARTS) is 1. The van der Waals surface area contributed by atoms with Crippen LogP contribution in [0.1, 0.15) is 45.0 Å². The second kappa shape index (κ2) is 12.3. The van der Waals surface area contributed by atoms with E-state index in [-0.39, 0.29) is 28.9 Å². The number of carbonyl (C=O) groups excluding carboxylic acids is 1. The first kappa shape index (κ1) is 29.3. The van der Waals surface area contributed by atoms with Crippen molar-refractivity contribution >= 4 is 22.7 Å². The van der Waals surface area contributed by atoms with E-state index in [1.165, 1.54) is 18.3 Å². The molecule has 1 N–H and O–H groups in total. The van der Waals surface area contributed by atoms with Crippen LogP contribution in [0.5, 0.6) is 5.75 Å². The number of alkyl halides is 3. The average Bonchev–Trinajstić information content (AvgIpc) is 3.01. The molecule has 1 atom stereocenters. The SMILES string of the molecule is C=CCC(C(=O)O)c1ccc(COc2cccc(-c3c(C(=O)c4ccccc4)cnc4c(C(F)(F)F)cccc34)c2)cc1. The number of hydrogen-bond acceptors (Lipinski definition) is 4. The molecule has 0 saturated carbocycles. The molecule has 0 amide bonds. The maximum Gasteiger partial charge on any atom is 0.418 e. The van der Waals surface area contributed by atoms with Gasteiger partial charge in [-0.15, -0.1) is 6.58 Å². The first-order valence-corrected chi connectivity index (χ1v) is 13.4. The molecular weight excluding hydrogens is 555 g/mol. The molecule has 0 bridgehead atoms. The third kappa shape index (κ3) is 6.33. The fourth-order valence-electron chi connectivity index (χ4n) is 4.98. The predicted octanol–water partition coefficient (Wildman–Crippen LogP) is 8.47. The van der Waals surface area contributed by atoms with Crippen molar-refractivity contribution in [3.63, 3.8) is 0 Å². The second-order valence-corrected chi connectivity index (χ2v) is 9.91. The molecule has 216 valence electrons. The number of allylic oxidation sites excluding steroid dienone is 1. The molecule has 1 heterocycles. The standard InChI is InChI=1S/C35H26F3NO4/c1-2-8-27(34(41)42)23-17-15-22(16-18-23)21-43-26-12-6-11-25(19-26)31-28-13-7-14-30(35(36,37)38)32(28)39-20-29(31)33(40)24-9-4-3-5-10-24/h2-7,9-20,27H,1,8,21H2,(H,41,42). The van der Waals surface area contributed by atoms with Crippen molar-refractivity contribution in [1.82, 2.24) is 4.98 Å². The molecule has 1 unspecified atom stereocenters. The summed E-state index contributed by atoms with van der Waals surface area (Å²) in [4.78, 5) is 29.3. The number of rotatable bonds is 10. The number of aromatic nitrogens is 1. The number of carboxylic acids is 1. The molecule has 0 spiro atoms. The van der Waals surface area contributed by atoms with Gasteiger partial charge in [0.25, 0.3) is 0 Å². The van der Waals surface area contributed by atoms with Gasteiger partial charge in [-0.25, -0.2) is 0 Å². The Balaban J connectivity index is 1.52. The van der Waals surface area contributed by atoms with E-state index in [0.29, 0.717) is 34.4 Å². The van der Waals surface area contributed by atoms with Crippen LogP contribution in [0.4, 0.5) is 13.2 Å². The van der Waals surface area contributed by atoms with E-state index in [4.69, 9.17) is 4.74 Å². The molecule has 1 aromatic heterocycles. The van der Waals surface area contributed by atoms with Gasteiger partial charge in [0.1, 0.15) is 12.4 Å². The third-order valence-electron chi connectivity index (χ3n) is 7.09. The first-order valence-electron chi connectivity index (χ1n) is 13.4. The molecule has 4 aromatic carbocycles. The quantitative estimate of drug-likeness (QED) is 0.132. The Kier molecular flexibility index (Phi) is 8.39. The Labute approximate surface area is 245 Å². The molecule has 0 radical (unpaired) electrons. The van der Waals surface area contributed by atoms with Crippen molar-refractivity contribution in [1.29, 1.82) is 0 Å². The van der Waals surface area contributed by atoms with Crippen molar-refractivity contribution in [2.75, 3.05) is 0 Å². The van der Waals surface area contributed by atoms with Crippen LogP contribution in [0.15, 0.2) is 116 Å². The van der Waals surface area contributed by atoms with Gasteiger partial charge in [0.2, 0.25) is 0 Å². The van der Waals surface area contributed by atoms with Crippen LogP contribution in [0.25, 0.3) is 22.0 Å². The van der Waals surface area contributed by atoms with Gasteiger partial charge in [0.15, 0.2) is 5.78 Å². The average molecular weight is 582 g/mol. The summed E-state index contributed by atoms with van der Waals surface area (Å²) < 4.78 is 47.7. The van der Waals surface area contributed by atoms with Crippen LogP contribution in [-0.4, -0.2) is 21.8 Å². The van der Waals surface area contributed by atoms with Crippen LogP contribution >= 0.6 is 0 Å². The largest absolute Gasteiger partial charge is 0.489 e. The van der Waals surface area contributed by atoms with E-state index in [2.05, 4.69) is 11.6 Å². The number of ketones is 1. The molecule has 43 heavy (non-hydrogen) atoms. The van der Waals surface area contributed by atoms with E-state index in [9.17, 15) is 27.9 Å². The lowest BCUT2D eigenvalue weighted by Gasteiger charge is -2.16. The van der Waals surface area contributed by atoms with Gasteiger partial charge in [-0.3, -0.25) is 14.6 Å². The summed E-state index contributed by atoms with van der Waals surface area (Å²) in [5.41, 5.74) is 1.66. The van der Waals surface area contributed by atoms with Gasteiger partial charge in [-0.05, 0) is 41.3 Å². The lowest BCUT2D eigenvalue weighted by atomic mass is 9.91. The summed E-state index contributed by atoms with van der Waals surface area (Å²) in [6, 6.07) is 26.1. The Morgan fingerprint density at radius 3 is 2.33 bits per heavy atom. The molecule has 8 heteroatoms. The minimum atomic E-state index is -4.63. The third-order valence-corrected chi connectivity index (χ3v) is 7.09. The number of benzene rings is 4. The van der Waals surface area contributed by atoms with Gasteiger partial charge in [0.05, 0.1) is 17.0 Å². The molecule has 0 aliphatic heterocycles. The normalized spacial score (nSPS) is 12.1. The van der Waals surface area contributed by atoms with Crippen LogP contribution in [0, 0.1) is 0 Å². The van der Waals surface area contributed by atoms with Crippen molar-refractivity contribution < 1.29 is 32.6 Å². The summed E-state index contributed by atoms with van der Waals surface area (Å²) in [6.45, 7) is 3.79. The topological polar surface area (TPSA) is 76.5 Å². The minimum absolute atomic E-state index is 0.161. The van der Waals surface area contributed by atoms with Gasteiger partial charge in [-0.1, -0.05) is 84.9 Å². The Bertz CT molecular complexity index is 1800. The second-order valence-electron chi connectivity index (χ2n) is 9.91. The van der Waals surface area contributed by atoms with E-state index in [1.807, 2.05) is 0 Å². The summed E-state index contributed by atoms with van der Waals surface area (Å²) in [5.74, 6) is -1.56. The Morgan fingerprint density at radius 1 is 0.930 bits per heavy atom. The number of ether oxygens (including phenoxy) is 1. The fourth-order valence-corrected chi connectivity index (χ4v) is 4.98. The van der Waals surface area contributed by atoms with Crippen LogP contribution in [0.2, 0.25) is 0 Å². The maximum atomic E-state index is 13.9. The minimum Gasteiger partial charge on any atom is -0.489 e. The molecule has 0 saturated heterocycles. The fraction of sp³-hybridized carbons (Fsp3) is 0.114. The molecule has 0 fully saturated rings. The van der Waals surface area contributed by atoms with Gasteiger partial charge < -0.3 is 9.84 Å². The van der Waals surface area contributed by atoms with Crippen molar-refractivity contribution in [3.05, 3.63) is 144 Å². The molecule has 5 nitrogen and oxygen atoms in total. The highest BCUT2D eigenvalue weighted by atomic mass is 19.4. The predicted molar refractivity (Wildman–Crippen MR) is 158 cm³/mol. The summed E-state index contributed by atoms with van der Waals surface area (Å²) in [5, 5.41) is 9.68. The zero-order valence-corrected chi connectivity index (χ0v) is 22.8. The molecular formula is C35H26F3NO4. The Morgan fingerprint density at radius 2 is 1.65 bits per heavy atom. The monoisotopic (exact) mass is 581 g/mol. The zero-order chi connectivity index (χ0) is 30.6. The number of hydrogen-bond donors (Lipinski definition) is 1. The van der Waals surface area contributed by atoms with E-state index >= 15 is 0 Å². The molecule has 0 aliphatic rings. The first-order chi connectivity index (χ1) is 20.7. The summed E-state index contributed by atoms with van der Waals surface area (Å²) in [6.07, 6.45) is -1.56.